The Labute approximate surface area is 131 Å². The van der Waals surface area contributed by atoms with Crippen molar-refractivity contribution in [2.75, 3.05) is 18.8 Å². The van der Waals surface area contributed by atoms with Crippen LogP contribution in [0, 0.1) is 0 Å². The van der Waals surface area contributed by atoms with Crippen LogP contribution >= 0.6 is 0 Å². The van der Waals surface area contributed by atoms with Gasteiger partial charge in [-0.1, -0.05) is 24.3 Å². The molecular weight excluding hydrogens is 270 g/mol. The van der Waals surface area contributed by atoms with E-state index in [1.165, 1.54) is 0 Å². The summed E-state index contributed by atoms with van der Waals surface area (Å²) < 4.78 is 0. The van der Waals surface area contributed by atoms with Gasteiger partial charge in [0.2, 0.25) is 0 Å². The summed E-state index contributed by atoms with van der Waals surface area (Å²) in [6, 6.07) is 8.00. The Hall–Kier alpha value is -2.51. The molecule has 22 heavy (non-hydrogen) atoms. The van der Waals surface area contributed by atoms with Crippen molar-refractivity contribution in [1.82, 2.24) is 4.90 Å². The molecule has 0 saturated heterocycles. The molecule has 1 aromatic rings. The molecule has 0 spiro atoms. The van der Waals surface area contributed by atoms with Crippen LogP contribution in [-0.4, -0.2) is 24.2 Å². The summed E-state index contributed by atoms with van der Waals surface area (Å²) in [5, 5.41) is 0. The van der Waals surface area contributed by atoms with Crippen molar-refractivity contribution in [3.63, 3.8) is 0 Å². The van der Waals surface area contributed by atoms with E-state index in [-0.39, 0.29) is 0 Å². The van der Waals surface area contributed by atoms with Gasteiger partial charge in [-0.15, -0.1) is 5.73 Å². The predicted octanol–water partition coefficient (Wildman–Crippen LogP) is 3.78. The van der Waals surface area contributed by atoms with Gasteiger partial charge >= 0.3 is 0 Å². The van der Waals surface area contributed by atoms with Gasteiger partial charge in [-0.2, -0.15) is 0 Å². The highest BCUT2D eigenvalue weighted by Crippen LogP contribution is 2.30. The first-order chi connectivity index (χ1) is 10.8. The number of nitrogens with two attached hydrogens (primary N) is 1. The van der Waals surface area contributed by atoms with Crippen LogP contribution in [0.1, 0.15) is 25.3 Å². The average Bonchev–Trinajstić information content (AvgIpc) is 2.89. The zero-order valence-electron chi connectivity index (χ0n) is 12.9. The summed E-state index contributed by atoms with van der Waals surface area (Å²) in [4.78, 5) is 7.07. The van der Waals surface area contributed by atoms with Crippen LogP contribution in [0.4, 0.5) is 5.69 Å². The molecule has 0 amide bonds. The zero-order chi connectivity index (χ0) is 15.4. The van der Waals surface area contributed by atoms with Crippen LogP contribution in [0.2, 0.25) is 0 Å². The summed E-state index contributed by atoms with van der Waals surface area (Å²) in [7, 11) is 0. The summed E-state index contributed by atoms with van der Waals surface area (Å²) in [5.74, 6) is 1.03. The first-order valence-corrected chi connectivity index (χ1v) is 7.72. The Morgan fingerprint density at radius 1 is 1.09 bits per heavy atom. The van der Waals surface area contributed by atoms with E-state index in [1.54, 1.807) is 0 Å². The van der Waals surface area contributed by atoms with E-state index in [9.17, 15) is 0 Å². The highest BCUT2D eigenvalue weighted by molar-refractivity contribution is 5.85. The van der Waals surface area contributed by atoms with Gasteiger partial charge in [0.05, 0.1) is 0 Å². The number of allylic oxidation sites excluding steroid dienone is 2. The number of benzene rings is 1. The van der Waals surface area contributed by atoms with Crippen molar-refractivity contribution in [1.29, 1.82) is 0 Å². The van der Waals surface area contributed by atoms with Crippen molar-refractivity contribution in [2.45, 2.75) is 19.8 Å². The quantitative estimate of drug-likeness (QED) is 0.512. The Morgan fingerprint density at radius 3 is 2.45 bits per heavy atom. The molecule has 0 aromatic heterocycles. The molecule has 0 unspecified atom stereocenters. The lowest BCUT2D eigenvalue weighted by atomic mass is 9.98. The molecule has 0 radical (unpaired) electrons. The highest BCUT2D eigenvalue weighted by Gasteiger charge is 2.18. The van der Waals surface area contributed by atoms with Gasteiger partial charge in [-0.25, -0.2) is 4.99 Å². The normalized spacial score (nSPS) is 18.2. The van der Waals surface area contributed by atoms with Crippen LogP contribution < -0.4 is 5.73 Å². The van der Waals surface area contributed by atoms with E-state index in [2.05, 4.69) is 41.8 Å². The standard InChI is InChI=1S/C19H21N3/c1-15-7-6-12-21-19(22-13-4-2-3-5-14-22)18(15)16-8-10-17(20)11-9-16/h2-3,6,8-12H,4-5,13-14,20H2,1H3. The topological polar surface area (TPSA) is 41.6 Å². The van der Waals surface area contributed by atoms with Crippen LogP contribution in [0.25, 0.3) is 5.57 Å². The summed E-state index contributed by atoms with van der Waals surface area (Å²) >= 11 is 0. The molecule has 112 valence electrons. The van der Waals surface area contributed by atoms with Gasteiger partial charge in [0.15, 0.2) is 0 Å². The lowest BCUT2D eigenvalue weighted by Gasteiger charge is -2.25. The van der Waals surface area contributed by atoms with Crippen LogP contribution in [-0.2, 0) is 0 Å². The van der Waals surface area contributed by atoms with Gasteiger partial charge in [-0.3, -0.25) is 0 Å². The molecule has 0 fully saturated rings. The van der Waals surface area contributed by atoms with Crippen LogP contribution in [0.5, 0.6) is 0 Å². The molecule has 0 saturated carbocycles. The molecule has 2 aliphatic rings. The van der Waals surface area contributed by atoms with Crippen molar-refractivity contribution in [3.8, 4) is 0 Å². The van der Waals surface area contributed by atoms with E-state index in [0.29, 0.717) is 0 Å². The summed E-state index contributed by atoms with van der Waals surface area (Å²) in [6.07, 6.45) is 10.3. The second-order valence-electron chi connectivity index (χ2n) is 5.57. The first kappa shape index (κ1) is 14.4. The van der Waals surface area contributed by atoms with Gasteiger partial charge in [0, 0.05) is 36.1 Å². The third-order valence-corrected chi connectivity index (χ3v) is 3.97. The van der Waals surface area contributed by atoms with Crippen molar-refractivity contribution in [2.24, 2.45) is 4.99 Å². The number of anilines is 1. The molecule has 1 aromatic carbocycles. The number of hydrogen-bond donors (Lipinski definition) is 1. The number of hydrogen-bond acceptors (Lipinski definition) is 3. The minimum absolute atomic E-state index is 0.777. The molecule has 3 heteroatoms. The molecule has 0 aliphatic carbocycles. The molecule has 3 rings (SSSR count). The molecular formula is C19H21N3. The number of nitrogen functional groups attached to an aromatic ring is 1. The fourth-order valence-electron chi connectivity index (χ4n) is 2.83. The fourth-order valence-corrected chi connectivity index (χ4v) is 2.83. The van der Waals surface area contributed by atoms with Crippen LogP contribution in [0.3, 0.4) is 0 Å². The molecule has 2 aliphatic heterocycles. The molecule has 0 atom stereocenters. The van der Waals surface area contributed by atoms with E-state index >= 15 is 0 Å². The minimum atomic E-state index is 0.777. The SMILES string of the molecule is CC1=C=CC=NC(N2CCC=CCC2)=C1c1ccc(N)cc1. The second kappa shape index (κ2) is 6.50. The predicted molar refractivity (Wildman–Crippen MR) is 93.5 cm³/mol. The van der Waals surface area contributed by atoms with Crippen LogP contribution in [0.15, 0.2) is 64.6 Å². The zero-order valence-corrected chi connectivity index (χ0v) is 12.9. The Bertz CT molecular complexity index is 689. The van der Waals surface area contributed by atoms with Gasteiger partial charge in [0.1, 0.15) is 5.82 Å². The van der Waals surface area contributed by atoms with Crippen molar-refractivity contribution >= 4 is 17.5 Å². The number of aliphatic imine (C=N–C) groups is 1. The smallest absolute Gasteiger partial charge is 0.137 e. The third-order valence-electron chi connectivity index (χ3n) is 3.97. The van der Waals surface area contributed by atoms with Gasteiger partial charge in [0.25, 0.3) is 0 Å². The van der Waals surface area contributed by atoms with Crippen molar-refractivity contribution in [3.05, 3.63) is 65.2 Å². The maximum atomic E-state index is 5.83. The monoisotopic (exact) mass is 291 g/mol. The number of rotatable bonds is 2. The second-order valence-corrected chi connectivity index (χ2v) is 5.57. The van der Waals surface area contributed by atoms with Crippen molar-refractivity contribution < 1.29 is 0 Å². The van der Waals surface area contributed by atoms with Gasteiger partial charge < -0.3 is 10.6 Å². The highest BCUT2D eigenvalue weighted by atomic mass is 15.2. The van der Waals surface area contributed by atoms with E-state index in [4.69, 9.17) is 10.7 Å². The lowest BCUT2D eigenvalue weighted by Crippen LogP contribution is -2.24. The first-order valence-electron chi connectivity index (χ1n) is 7.72. The number of nitrogens with zero attached hydrogens (tertiary/aromatic N) is 2. The molecule has 3 nitrogen and oxygen atoms in total. The lowest BCUT2D eigenvalue weighted by molar-refractivity contribution is 0.362. The van der Waals surface area contributed by atoms with E-state index in [1.807, 2.05) is 24.4 Å². The molecule has 2 heterocycles. The summed E-state index contributed by atoms with van der Waals surface area (Å²) in [5.41, 5.74) is 13.3. The summed E-state index contributed by atoms with van der Waals surface area (Å²) in [6.45, 7) is 4.08. The Balaban J connectivity index is 2.09. The fraction of sp³-hybridized carbons (Fsp3) is 0.263. The Kier molecular flexibility index (Phi) is 4.27. The minimum Gasteiger partial charge on any atom is -0.399 e. The largest absolute Gasteiger partial charge is 0.399 e. The molecule has 0 bridgehead atoms. The van der Waals surface area contributed by atoms with E-state index in [0.717, 1.165) is 54.1 Å². The van der Waals surface area contributed by atoms with E-state index < -0.39 is 0 Å². The maximum absolute atomic E-state index is 5.83. The Morgan fingerprint density at radius 2 is 1.77 bits per heavy atom. The third kappa shape index (κ3) is 3.05. The van der Waals surface area contributed by atoms with Gasteiger partial charge in [-0.05, 0) is 43.5 Å². The maximum Gasteiger partial charge on any atom is 0.137 e. The average molecular weight is 291 g/mol. The molecule has 2 N–H and O–H groups in total.